The zero-order valence-electron chi connectivity index (χ0n) is 12.4. The molecule has 0 saturated heterocycles. The normalized spacial score (nSPS) is 11.3. The van der Waals surface area contributed by atoms with E-state index >= 15 is 0 Å². The van der Waals surface area contributed by atoms with Gasteiger partial charge in [-0.05, 0) is 29.3 Å². The van der Waals surface area contributed by atoms with Crippen LogP contribution in [0, 0.1) is 0 Å². The van der Waals surface area contributed by atoms with Crippen LogP contribution in [0.5, 0.6) is 5.75 Å². The standard InChI is InChI=1S/C19H16O3S/c20-19-12-11-17(13-18(19)16-9-5-2-6-10-16)23(21,22)14-15-7-3-1-4-8-15/h1-13,20H,14H2. The van der Waals surface area contributed by atoms with Gasteiger partial charge in [0.1, 0.15) is 5.75 Å². The second-order valence-corrected chi connectivity index (χ2v) is 7.28. The van der Waals surface area contributed by atoms with Crippen molar-refractivity contribution in [2.75, 3.05) is 0 Å². The molecule has 0 aliphatic heterocycles. The molecular formula is C19H16O3S. The smallest absolute Gasteiger partial charge is 0.182 e. The molecule has 0 saturated carbocycles. The summed E-state index contributed by atoms with van der Waals surface area (Å²) in [5.74, 6) is 0.00203. The molecule has 0 unspecified atom stereocenters. The molecule has 0 aliphatic carbocycles. The Morgan fingerprint density at radius 2 is 1.39 bits per heavy atom. The Labute approximate surface area is 135 Å². The van der Waals surface area contributed by atoms with Crippen LogP contribution in [0.15, 0.2) is 83.8 Å². The second kappa shape index (κ2) is 6.26. The topological polar surface area (TPSA) is 54.4 Å². The van der Waals surface area contributed by atoms with Gasteiger partial charge in [0, 0.05) is 5.56 Å². The third kappa shape index (κ3) is 3.43. The average Bonchev–Trinajstić information content (AvgIpc) is 2.56. The molecule has 0 bridgehead atoms. The summed E-state index contributed by atoms with van der Waals surface area (Å²) in [7, 11) is -3.47. The molecule has 3 nitrogen and oxygen atoms in total. The summed E-state index contributed by atoms with van der Waals surface area (Å²) in [6.07, 6.45) is 0. The van der Waals surface area contributed by atoms with Crippen LogP contribution in [-0.2, 0) is 15.6 Å². The predicted molar refractivity (Wildman–Crippen MR) is 90.9 cm³/mol. The quantitative estimate of drug-likeness (QED) is 0.788. The van der Waals surface area contributed by atoms with Gasteiger partial charge in [0.05, 0.1) is 10.6 Å². The van der Waals surface area contributed by atoms with Gasteiger partial charge in [-0.15, -0.1) is 0 Å². The summed E-state index contributed by atoms with van der Waals surface area (Å²) in [6.45, 7) is 0. The van der Waals surface area contributed by atoms with E-state index in [2.05, 4.69) is 0 Å². The molecule has 0 fully saturated rings. The van der Waals surface area contributed by atoms with Crippen LogP contribution in [0.4, 0.5) is 0 Å². The highest BCUT2D eigenvalue weighted by molar-refractivity contribution is 7.90. The first-order chi connectivity index (χ1) is 11.1. The van der Waals surface area contributed by atoms with Crippen molar-refractivity contribution in [3.8, 4) is 16.9 Å². The predicted octanol–water partition coefficient (Wildman–Crippen LogP) is 4.03. The third-order valence-electron chi connectivity index (χ3n) is 3.61. The van der Waals surface area contributed by atoms with E-state index in [-0.39, 0.29) is 16.4 Å². The number of sulfone groups is 1. The SMILES string of the molecule is O=S(=O)(Cc1ccccc1)c1ccc(O)c(-c2ccccc2)c1. The molecular weight excluding hydrogens is 308 g/mol. The monoisotopic (exact) mass is 324 g/mol. The molecule has 116 valence electrons. The fraction of sp³-hybridized carbons (Fsp3) is 0.0526. The van der Waals surface area contributed by atoms with E-state index in [9.17, 15) is 13.5 Å². The number of benzene rings is 3. The first kappa shape index (κ1) is 15.3. The minimum Gasteiger partial charge on any atom is -0.507 e. The van der Waals surface area contributed by atoms with Crippen molar-refractivity contribution in [2.45, 2.75) is 10.6 Å². The summed E-state index contributed by atoms with van der Waals surface area (Å²) in [6, 6.07) is 22.7. The van der Waals surface area contributed by atoms with Crippen molar-refractivity contribution in [3.63, 3.8) is 0 Å². The number of phenols is 1. The van der Waals surface area contributed by atoms with Gasteiger partial charge < -0.3 is 5.11 Å². The molecule has 0 radical (unpaired) electrons. The molecule has 3 aromatic carbocycles. The van der Waals surface area contributed by atoms with Gasteiger partial charge in [-0.2, -0.15) is 0 Å². The molecule has 23 heavy (non-hydrogen) atoms. The van der Waals surface area contributed by atoms with Crippen LogP contribution >= 0.6 is 0 Å². The lowest BCUT2D eigenvalue weighted by atomic mass is 10.1. The van der Waals surface area contributed by atoms with Crippen molar-refractivity contribution >= 4 is 9.84 Å². The number of hydrogen-bond donors (Lipinski definition) is 1. The van der Waals surface area contributed by atoms with E-state index in [1.54, 1.807) is 12.1 Å². The Morgan fingerprint density at radius 3 is 2.04 bits per heavy atom. The van der Waals surface area contributed by atoms with E-state index in [0.717, 1.165) is 11.1 Å². The summed E-state index contributed by atoms with van der Waals surface area (Å²) < 4.78 is 25.2. The summed E-state index contributed by atoms with van der Waals surface area (Å²) in [5.41, 5.74) is 2.03. The Hall–Kier alpha value is -2.59. The van der Waals surface area contributed by atoms with E-state index in [1.165, 1.54) is 18.2 Å². The summed E-state index contributed by atoms with van der Waals surface area (Å²) in [4.78, 5) is 0.206. The fourth-order valence-electron chi connectivity index (χ4n) is 2.43. The van der Waals surface area contributed by atoms with Crippen molar-refractivity contribution in [3.05, 3.63) is 84.4 Å². The average molecular weight is 324 g/mol. The van der Waals surface area contributed by atoms with Gasteiger partial charge in [-0.1, -0.05) is 60.7 Å². The van der Waals surface area contributed by atoms with Crippen LogP contribution in [-0.4, -0.2) is 13.5 Å². The van der Waals surface area contributed by atoms with E-state index in [1.807, 2.05) is 48.5 Å². The minimum absolute atomic E-state index is 0.0627. The van der Waals surface area contributed by atoms with E-state index in [4.69, 9.17) is 0 Å². The Bertz CT molecular complexity index is 902. The number of phenolic OH excluding ortho intramolecular Hbond substituents is 1. The molecule has 4 heteroatoms. The molecule has 0 heterocycles. The molecule has 0 aliphatic rings. The molecule has 0 amide bonds. The van der Waals surface area contributed by atoms with Crippen molar-refractivity contribution in [2.24, 2.45) is 0 Å². The van der Waals surface area contributed by atoms with Crippen molar-refractivity contribution in [1.29, 1.82) is 0 Å². The van der Waals surface area contributed by atoms with E-state index in [0.29, 0.717) is 5.56 Å². The summed E-state index contributed by atoms with van der Waals surface area (Å²) in [5, 5.41) is 10.0. The molecule has 0 atom stereocenters. The van der Waals surface area contributed by atoms with Gasteiger partial charge in [-0.3, -0.25) is 0 Å². The Morgan fingerprint density at radius 1 is 0.783 bits per heavy atom. The van der Waals surface area contributed by atoms with Gasteiger partial charge >= 0.3 is 0 Å². The first-order valence-electron chi connectivity index (χ1n) is 7.21. The van der Waals surface area contributed by atoms with Crippen molar-refractivity contribution < 1.29 is 13.5 Å². The van der Waals surface area contributed by atoms with Crippen LogP contribution in [0.25, 0.3) is 11.1 Å². The molecule has 3 rings (SSSR count). The molecule has 0 aromatic heterocycles. The maximum Gasteiger partial charge on any atom is 0.182 e. The Balaban J connectivity index is 2.00. The minimum atomic E-state index is -3.47. The largest absolute Gasteiger partial charge is 0.507 e. The molecule has 3 aromatic rings. The number of hydrogen-bond acceptors (Lipinski definition) is 3. The molecule has 0 spiro atoms. The number of aromatic hydroxyl groups is 1. The first-order valence-corrected chi connectivity index (χ1v) is 8.86. The highest BCUT2D eigenvalue weighted by atomic mass is 32.2. The lowest BCUT2D eigenvalue weighted by molar-refractivity contribution is 0.477. The van der Waals surface area contributed by atoms with Crippen molar-refractivity contribution in [1.82, 2.24) is 0 Å². The van der Waals surface area contributed by atoms with Crippen LogP contribution in [0.3, 0.4) is 0 Å². The Kier molecular flexibility index (Phi) is 4.17. The lowest BCUT2D eigenvalue weighted by Crippen LogP contribution is -2.05. The van der Waals surface area contributed by atoms with Gasteiger partial charge in [0.15, 0.2) is 9.84 Å². The number of rotatable bonds is 4. The molecule has 1 N–H and O–H groups in total. The fourth-order valence-corrected chi connectivity index (χ4v) is 3.81. The van der Waals surface area contributed by atoms with Crippen LogP contribution in [0.2, 0.25) is 0 Å². The highest BCUT2D eigenvalue weighted by Gasteiger charge is 2.17. The zero-order valence-corrected chi connectivity index (χ0v) is 13.2. The van der Waals surface area contributed by atoms with Crippen LogP contribution in [0.1, 0.15) is 5.56 Å². The maximum atomic E-state index is 12.6. The second-order valence-electron chi connectivity index (χ2n) is 5.29. The van der Waals surface area contributed by atoms with Gasteiger partial charge in [-0.25, -0.2) is 8.42 Å². The van der Waals surface area contributed by atoms with Gasteiger partial charge in [0.25, 0.3) is 0 Å². The van der Waals surface area contributed by atoms with Gasteiger partial charge in [0.2, 0.25) is 0 Å². The highest BCUT2D eigenvalue weighted by Crippen LogP contribution is 2.32. The lowest BCUT2D eigenvalue weighted by Gasteiger charge is -2.09. The van der Waals surface area contributed by atoms with E-state index < -0.39 is 9.84 Å². The maximum absolute atomic E-state index is 12.6. The van der Waals surface area contributed by atoms with Crippen LogP contribution < -0.4 is 0 Å². The summed E-state index contributed by atoms with van der Waals surface area (Å²) >= 11 is 0. The third-order valence-corrected chi connectivity index (χ3v) is 5.30. The zero-order chi connectivity index (χ0) is 16.3.